The molecule has 3 rings (SSSR count). The summed E-state index contributed by atoms with van der Waals surface area (Å²) in [6.45, 7) is 1.72. The molecule has 1 N–H and O–H groups in total. The second-order valence-electron chi connectivity index (χ2n) is 7.22. The largest absolute Gasteiger partial charge is 0.452 e. The number of piperidine rings is 1. The molecule has 1 aliphatic rings. The van der Waals surface area contributed by atoms with Gasteiger partial charge < -0.3 is 10.1 Å². The SMILES string of the molecule is CC(=O)c1ccccc1NC(=O)COC(=O)c1cccc(S(=O)(=O)N2CCCCC2)c1. The summed E-state index contributed by atoms with van der Waals surface area (Å²) in [5, 5.41) is 2.54. The zero-order valence-corrected chi connectivity index (χ0v) is 18.0. The zero-order chi connectivity index (χ0) is 22.4. The van der Waals surface area contributed by atoms with E-state index in [1.807, 2.05) is 0 Å². The highest BCUT2D eigenvalue weighted by molar-refractivity contribution is 7.89. The number of esters is 1. The molecule has 1 heterocycles. The molecule has 2 aromatic carbocycles. The number of hydrogen-bond donors (Lipinski definition) is 1. The highest BCUT2D eigenvalue weighted by Gasteiger charge is 2.26. The van der Waals surface area contributed by atoms with Crippen LogP contribution in [0.15, 0.2) is 53.4 Å². The van der Waals surface area contributed by atoms with Gasteiger partial charge in [0.25, 0.3) is 5.91 Å². The molecule has 1 aliphatic heterocycles. The maximum Gasteiger partial charge on any atom is 0.338 e. The molecule has 1 amide bonds. The minimum Gasteiger partial charge on any atom is -0.452 e. The fourth-order valence-electron chi connectivity index (χ4n) is 3.34. The Morgan fingerprint density at radius 3 is 2.42 bits per heavy atom. The summed E-state index contributed by atoms with van der Waals surface area (Å²) in [6, 6.07) is 12.1. The smallest absolute Gasteiger partial charge is 0.338 e. The van der Waals surface area contributed by atoms with E-state index in [0.717, 1.165) is 19.3 Å². The van der Waals surface area contributed by atoms with Gasteiger partial charge in [-0.05, 0) is 50.1 Å². The molecule has 2 aromatic rings. The number of amides is 1. The highest BCUT2D eigenvalue weighted by atomic mass is 32.2. The fraction of sp³-hybridized carbons (Fsp3) is 0.318. The monoisotopic (exact) mass is 444 g/mol. The van der Waals surface area contributed by atoms with Crippen molar-refractivity contribution >= 4 is 33.4 Å². The topological polar surface area (TPSA) is 110 Å². The average Bonchev–Trinajstić information content (AvgIpc) is 2.78. The van der Waals surface area contributed by atoms with Gasteiger partial charge in [0.15, 0.2) is 12.4 Å². The minimum atomic E-state index is -3.69. The number of benzene rings is 2. The van der Waals surface area contributed by atoms with Gasteiger partial charge in [0.05, 0.1) is 16.1 Å². The van der Waals surface area contributed by atoms with E-state index in [-0.39, 0.29) is 16.2 Å². The summed E-state index contributed by atoms with van der Waals surface area (Å²) in [5.74, 6) is -1.63. The Labute approximate surface area is 181 Å². The second-order valence-corrected chi connectivity index (χ2v) is 9.16. The van der Waals surface area contributed by atoms with Crippen molar-refractivity contribution in [3.8, 4) is 0 Å². The molecule has 1 saturated heterocycles. The van der Waals surface area contributed by atoms with Crippen LogP contribution in [0.2, 0.25) is 0 Å². The van der Waals surface area contributed by atoms with Crippen LogP contribution >= 0.6 is 0 Å². The molecule has 1 fully saturated rings. The van der Waals surface area contributed by atoms with Crippen LogP contribution in [0.4, 0.5) is 5.69 Å². The van der Waals surface area contributed by atoms with E-state index in [1.54, 1.807) is 24.3 Å². The summed E-state index contributed by atoms with van der Waals surface area (Å²) in [7, 11) is -3.69. The zero-order valence-electron chi connectivity index (χ0n) is 17.2. The van der Waals surface area contributed by atoms with E-state index >= 15 is 0 Å². The van der Waals surface area contributed by atoms with Crippen molar-refractivity contribution in [2.75, 3.05) is 25.0 Å². The van der Waals surface area contributed by atoms with E-state index in [2.05, 4.69) is 5.32 Å². The van der Waals surface area contributed by atoms with Gasteiger partial charge in [0.2, 0.25) is 10.0 Å². The van der Waals surface area contributed by atoms with Crippen LogP contribution in [0.1, 0.15) is 46.9 Å². The number of ether oxygens (including phenoxy) is 1. The van der Waals surface area contributed by atoms with Crippen LogP contribution in [0.25, 0.3) is 0 Å². The van der Waals surface area contributed by atoms with Gasteiger partial charge in [-0.3, -0.25) is 9.59 Å². The standard InChI is InChI=1S/C22H24N2O6S/c1-16(25)19-10-3-4-11-20(19)23-21(26)15-30-22(27)17-8-7-9-18(14-17)31(28,29)24-12-5-2-6-13-24/h3-4,7-11,14H,2,5-6,12-13,15H2,1H3,(H,23,26). The maximum atomic E-state index is 12.8. The van der Waals surface area contributed by atoms with Crippen molar-refractivity contribution in [2.45, 2.75) is 31.1 Å². The molecular weight excluding hydrogens is 420 g/mol. The third-order valence-electron chi connectivity index (χ3n) is 4.94. The Morgan fingerprint density at radius 2 is 1.71 bits per heavy atom. The lowest BCUT2D eigenvalue weighted by atomic mass is 10.1. The minimum absolute atomic E-state index is 0.0173. The molecule has 0 spiro atoms. The molecule has 9 heteroatoms. The first-order valence-corrected chi connectivity index (χ1v) is 11.4. The molecule has 0 unspecified atom stereocenters. The lowest BCUT2D eigenvalue weighted by molar-refractivity contribution is -0.119. The lowest BCUT2D eigenvalue weighted by Gasteiger charge is -2.25. The van der Waals surface area contributed by atoms with Crippen molar-refractivity contribution < 1.29 is 27.5 Å². The summed E-state index contributed by atoms with van der Waals surface area (Å²) in [4.78, 5) is 36.2. The van der Waals surface area contributed by atoms with Gasteiger partial charge in [-0.1, -0.05) is 24.6 Å². The van der Waals surface area contributed by atoms with E-state index in [4.69, 9.17) is 4.74 Å². The first-order chi connectivity index (χ1) is 14.8. The second kappa shape index (κ2) is 9.84. The number of anilines is 1. The van der Waals surface area contributed by atoms with Crippen molar-refractivity contribution in [2.24, 2.45) is 0 Å². The summed E-state index contributed by atoms with van der Waals surface area (Å²) in [5.41, 5.74) is 0.707. The number of para-hydroxylation sites is 1. The first kappa shape index (κ1) is 22.6. The first-order valence-electron chi connectivity index (χ1n) is 9.96. The van der Waals surface area contributed by atoms with Crippen LogP contribution in [0, 0.1) is 0 Å². The average molecular weight is 445 g/mol. The van der Waals surface area contributed by atoms with Crippen LogP contribution in [0.5, 0.6) is 0 Å². The molecule has 0 radical (unpaired) electrons. The predicted molar refractivity (Wildman–Crippen MR) is 114 cm³/mol. The van der Waals surface area contributed by atoms with Crippen molar-refractivity contribution in [1.82, 2.24) is 4.31 Å². The third kappa shape index (κ3) is 5.56. The molecule has 31 heavy (non-hydrogen) atoms. The van der Waals surface area contributed by atoms with E-state index in [9.17, 15) is 22.8 Å². The van der Waals surface area contributed by atoms with Gasteiger partial charge in [-0.15, -0.1) is 0 Å². The third-order valence-corrected chi connectivity index (χ3v) is 6.83. The molecular formula is C22H24N2O6S. The number of rotatable bonds is 7. The van der Waals surface area contributed by atoms with E-state index in [1.165, 1.54) is 35.5 Å². The van der Waals surface area contributed by atoms with E-state index in [0.29, 0.717) is 24.3 Å². The fourth-order valence-corrected chi connectivity index (χ4v) is 4.90. The van der Waals surface area contributed by atoms with Crippen molar-refractivity contribution in [1.29, 1.82) is 0 Å². The number of nitrogens with zero attached hydrogens (tertiary/aromatic N) is 1. The van der Waals surface area contributed by atoms with Gasteiger partial charge in [0, 0.05) is 18.7 Å². The molecule has 0 saturated carbocycles. The Bertz CT molecular complexity index is 1090. The number of ketones is 1. The van der Waals surface area contributed by atoms with Gasteiger partial charge in [-0.25, -0.2) is 13.2 Å². The molecule has 0 bridgehead atoms. The van der Waals surface area contributed by atoms with Crippen LogP contribution in [-0.4, -0.2) is 50.1 Å². The maximum absolute atomic E-state index is 12.8. The number of hydrogen-bond acceptors (Lipinski definition) is 6. The Kier molecular flexibility index (Phi) is 7.19. The molecule has 164 valence electrons. The lowest BCUT2D eigenvalue weighted by Crippen LogP contribution is -2.35. The summed E-state index contributed by atoms with van der Waals surface area (Å²) < 4.78 is 32.0. The Balaban J connectivity index is 1.64. The number of carbonyl (C=O) groups is 3. The number of sulfonamides is 1. The van der Waals surface area contributed by atoms with Gasteiger partial charge in [-0.2, -0.15) is 4.31 Å². The quantitative estimate of drug-likeness (QED) is 0.519. The molecule has 8 nitrogen and oxygen atoms in total. The van der Waals surface area contributed by atoms with Crippen LogP contribution in [-0.2, 0) is 19.6 Å². The molecule has 0 aromatic heterocycles. The van der Waals surface area contributed by atoms with Crippen LogP contribution in [0.3, 0.4) is 0 Å². The van der Waals surface area contributed by atoms with Gasteiger partial charge in [0.1, 0.15) is 0 Å². The summed E-state index contributed by atoms with van der Waals surface area (Å²) in [6.07, 6.45) is 2.61. The molecule has 0 aliphatic carbocycles. The van der Waals surface area contributed by atoms with Gasteiger partial charge >= 0.3 is 5.97 Å². The summed E-state index contributed by atoms with van der Waals surface area (Å²) >= 11 is 0. The number of carbonyl (C=O) groups excluding carboxylic acids is 3. The van der Waals surface area contributed by atoms with Crippen molar-refractivity contribution in [3.05, 3.63) is 59.7 Å². The highest BCUT2D eigenvalue weighted by Crippen LogP contribution is 2.21. The van der Waals surface area contributed by atoms with Crippen molar-refractivity contribution in [3.63, 3.8) is 0 Å². The number of Topliss-reactive ketones (excluding diaryl/α,β-unsaturated/α-hetero) is 1. The Hall–Kier alpha value is -3.04. The Morgan fingerprint density at radius 1 is 1.00 bits per heavy atom. The van der Waals surface area contributed by atoms with E-state index < -0.39 is 28.5 Å². The predicted octanol–water partition coefficient (Wildman–Crippen LogP) is 2.86. The molecule has 0 atom stereocenters. The number of nitrogens with one attached hydrogen (secondary N) is 1. The normalized spacial score (nSPS) is 14.6. The van der Waals surface area contributed by atoms with Crippen LogP contribution < -0.4 is 5.32 Å².